The van der Waals surface area contributed by atoms with Crippen LogP contribution in [0.5, 0.6) is 0 Å². The second kappa shape index (κ2) is 14.0. The van der Waals surface area contributed by atoms with Gasteiger partial charge in [0.05, 0.1) is 18.5 Å². The summed E-state index contributed by atoms with van der Waals surface area (Å²) in [6.45, 7) is 1.27. The second-order valence-electron chi connectivity index (χ2n) is 7.04. The molecule has 0 saturated carbocycles. The Morgan fingerprint density at radius 2 is 1.84 bits per heavy atom. The average Bonchev–Trinajstić information content (AvgIpc) is 3.25. The largest absolute Gasteiger partial charge is 0.480 e. The van der Waals surface area contributed by atoms with Gasteiger partial charge in [0.25, 0.3) is 0 Å². The van der Waals surface area contributed by atoms with E-state index in [1.807, 2.05) is 0 Å². The molecule has 0 aliphatic carbocycles. The highest BCUT2D eigenvalue weighted by Crippen LogP contribution is 2.04. The predicted molar refractivity (Wildman–Crippen MR) is 122 cm³/mol. The van der Waals surface area contributed by atoms with Crippen LogP contribution < -0.4 is 21.7 Å². The average molecular weight is 491 g/mol. The van der Waals surface area contributed by atoms with E-state index < -0.39 is 54.0 Å². The van der Waals surface area contributed by atoms with Crippen LogP contribution in [0.15, 0.2) is 12.5 Å². The molecule has 1 heterocycles. The zero-order valence-electron chi connectivity index (χ0n) is 17.8. The molecule has 12 nitrogen and oxygen atoms in total. The van der Waals surface area contributed by atoms with Gasteiger partial charge >= 0.3 is 5.97 Å². The minimum atomic E-state index is -1.43. The van der Waals surface area contributed by atoms with Crippen LogP contribution in [-0.2, 0) is 25.6 Å². The van der Waals surface area contributed by atoms with Crippen molar-refractivity contribution in [3.8, 4) is 0 Å². The maximum Gasteiger partial charge on any atom is 0.326 e. The van der Waals surface area contributed by atoms with E-state index in [1.165, 1.54) is 31.2 Å². The van der Waals surface area contributed by atoms with Gasteiger partial charge in [-0.2, -0.15) is 24.4 Å². The first kappa shape index (κ1) is 27.7. The summed E-state index contributed by atoms with van der Waals surface area (Å²) in [7, 11) is 0. The highest BCUT2D eigenvalue weighted by atomic mass is 32.2. The molecule has 1 rings (SSSR count). The number of thiol groups is 1. The van der Waals surface area contributed by atoms with Crippen molar-refractivity contribution in [2.45, 2.75) is 50.0 Å². The molecule has 0 radical (unpaired) electrons. The van der Waals surface area contributed by atoms with Gasteiger partial charge in [0, 0.05) is 24.1 Å². The van der Waals surface area contributed by atoms with Crippen LogP contribution in [0.2, 0.25) is 0 Å². The van der Waals surface area contributed by atoms with Crippen LogP contribution in [0.25, 0.3) is 0 Å². The predicted octanol–water partition coefficient (Wildman–Crippen LogP) is -2.12. The summed E-state index contributed by atoms with van der Waals surface area (Å²) in [5, 5.41) is 26.3. The molecule has 5 unspecified atom stereocenters. The number of aliphatic carboxylic acids is 1. The third-order valence-corrected chi connectivity index (χ3v) is 5.44. The molecule has 0 aromatic carbocycles. The number of hydrogen-bond donors (Lipinski definition) is 8. The summed E-state index contributed by atoms with van der Waals surface area (Å²) in [4.78, 5) is 55.5. The standard InChI is InChI=1S/C18H30N6O6S2/c1-9(25)14(17(28)22-12(18(29)30)3-4-32-2)24-16(27)13(7-31)23-15(26)11(19)5-10-6-20-8-21-10/h6,8-9,11-14,25,31H,3-5,7,19H2,1-2H3,(H,20,21)(H,22,28)(H,23,26)(H,24,27)(H,29,30). The molecule has 14 heteroatoms. The molecule has 5 atom stereocenters. The summed E-state index contributed by atoms with van der Waals surface area (Å²) in [5.74, 6) is -3.09. The first-order valence-corrected chi connectivity index (χ1v) is 11.8. The number of aliphatic hydroxyl groups excluding tert-OH is 1. The highest BCUT2D eigenvalue weighted by molar-refractivity contribution is 7.98. The number of thioether (sulfide) groups is 1. The van der Waals surface area contributed by atoms with Gasteiger partial charge in [0.15, 0.2) is 0 Å². The van der Waals surface area contributed by atoms with Crippen molar-refractivity contribution in [2.24, 2.45) is 5.73 Å². The number of carbonyl (C=O) groups excluding carboxylic acids is 3. The Hall–Kier alpha value is -2.29. The molecule has 0 spiro atoms. The molecule has 180 valence electrons. The third-order valence-electron chi connectivity index (χ3n) is 4.43. The Morgan fingerprint density at radius 3 is 2.34 bits per heavy atom. The van der Waals surface area contributed by atoms with Gasteiger partial charge in [-0.25, -0.2) is 9.78 Å². The fourth-order valence-electron chi connectivity index (χ4n) is 2.61. The number of aliphatic hydroxyl groups is 1. The summed E-state index contributed by atoms with van der Waals surface area (Å²) in [5.41, 5.74) is 6.49. The zero-order chi connectivity index (χ0) is 24.3. The summed E-state index contributed by atoms with van der Waals surface area (Å²) in [6, 6.07) is -4.71. The Labute approximate surface area is 195 Å². The van der Waals surface area contributed by atoms with Crippen molar-refractivity contribution >= 4 is 48.1 Å². The number of carboxylic acids is 1. The molecule has 8 N–H and O–H groups in total. The molecule has 0 saturated heterocycles. The maximum atomic E-state index is 12.6. The number of amides is 3. The van der Waals surface area contributed by atoms with Gasteiger partial charge in [0.2, 0.25) is 17.7 Å². The minimum absolute atomic E-state index is 0.103. The van der Waals surface area contributed by atoms with E-state index in [0.717, 1.165) is 0 Å². The summed E-state index contributed by atoms with van der Waals surface area (Å²) >= 11 is 5.48. The van der Waals surface area contributed by atoms with Crippen LogP contribution in [0.3, 0.4) is 0 Å². The Bertz CT molecular complexity index is 763. The Morgan fingerprint density at radius 1 is 1.19 bits per heavy atom. The summed E-state index contributed by atoms with van der Waals surface area (Å²) < 4.78 is 0. The molecule has 0 bridgehead atoms. The molecule has 0 aliphatic heterocycles. The van der Waals surface area contributed by atoms with Gasteiger partial charge in [-0.05, 0) is 25.4 Å². The van der Waals surface area contributed by atoms with Gasteiger partial charge in [-0.1, -0.05) is 0 Å². The number of rotatable bonds is 14. The first-order valence-electron chi connectivity index (χ1n) is 9.75. The van der Waals surface area contributed by atoms with E-state index in [-0.39, 0.29) is 18.6 Å². The lowest BCUT2D eigenvalue weighted by Gasteiger charge is -2.26. The van der Waals surface area contributed by atoms with Crippen molar-refractivity contribution in [1.82, 2.24) is 25.9 Å². The Kier molecular flexibility index (Phi) is 12.1. The second-order valence-corrected chi connectivity index (χ2v) is 8.39. The van der Waals surface area contributed by atoms with Crippen LogP contribution >= 0.6 is 24.4 Å². The topological polar surface area (TPSA) is 200 Å². The fourth-order valence-corrected chi connectivity index (χ4v) is 3.34. The van der Waals surface area contributed by atoms with E-state index >= 15 is 0 Å². The van der Waals surface area contributed by atoms with Crippen LogP contribution in [0.1, 0.15) is 19.0 Å². The normalized spacial score (nSPS) is 15.7. The lowest BCUT2D eigenvalue weighted by Crippen LogP contribution is -2.60. The molecule has 1 aromatic rings. The molecule has 3 amide bonds. The first-order chi connectivity index (χ1) is 15.1. The number of carbonyl (C=O) groups is 4. The third kappa shape index (κ3) is 9.06. The zero-order valence-corrected chi connectivity index (χ0v) is 19.5. The molecular formula is C18H30N6O6S2. The fraction of sp³-hybridized carbons (Fsp3) is 0.611. The number of imidazole rings is 1. The number of H-pyrrole nitrogens is 1. The molecule has 0 fully saturated rings. The summed E-state index contributed by atoms with van der Waals surface area (Å²) in [6.07, 6.45) is 3.77. The Balaban J connectivity index is 2.75. The van der Waals surface area contributed by atoms with Gasteiger partial charge in [-0.3, -0.25) is 14.4 Å². The van der Waals surface area contributed by atoms with Crippen molar-refractivity contribution in [2.75, 3.05) is 17.8 Å². The van der Waals surface area contributed by atoms with E-state index in [1.54, 1.807) is 6.26 Å². The minimum Gasteiger partial charge on any atom is -0.480 e. The lowest BCUT2D eigenvalue weighted by molar-refractivity contribution is -0.143. The molecule has 32 heavy (non-hydrogen) atoms. The van der Waals surface area contributed by atoms with E-state index in [2.05, 4.69) is 38.5 Å². The van der Waals surface area contributed by atoms with Crippen molar-refractivity contribution in [1.29, 1.82) is 0 Å². The van der Waals surface area contributed by atoms with Gasteiger partial charge in [-0.15, -0.1) is 0 Å². The number of nitrogens with two attached hydrogens (primary N) is 1. The molecule has 1 aromatic heterocycles. The van der Waals surface area contributed by atoms with Crippen LogP contribution in [-0.4, -0.2) is 91.9 Å². The lowest BCUT2D eigenvalue weighted by atomic mass is 10.1. The van der Waals surface area contributed by atoms with Crippen LogP contribution in [0, 0.1) is 0 Å². The van der Waals surface area contributed by atoms with E-state index in [4.69, 9.17) is 5.73 Å². The van der Waals surface area contributed by atoms with Gasteiger partial charge in [0.1, 0.15) is 18.1 Å². The SMILES string of the molecule is CSCCC(NC(=O)C(NC(=O)C(CS)NC(=O)C(N)Cc1cnc[nH]1)C(C)O)C(=O)O. The van der Waals surface area contributed by atoms with E-state index in [0.29, 0.717) is 11.4 Å². The van der Waals surface area contributed by atoms with E-state index in [9.17, 15) is 29.4 Å². The molecule has 0 aliphatic rings. The quantitative estimate of drug-likeness (QED) is 0.134. The highest BCUT2D eigenvalue weighted by Gasteiger charge is 2.32. The smallest absolute Gasteiger partial charge is 0.326 e. The van der Waals surface area contributed by atoms with Gasteiger partial charge < -0.3 is 36.9 Å². The number of hydrogen-bond acceptors (Lipinski definition) is 9. The number of nitrogens with zero attached hydrogens (tertiary/aromatic N) is 1. The molecular weight excluding hydrogens is 460 g/mol. The number of aromatic amines is 1. The number of nitrogens with one attached hydrogen (secondary N) is 4. The van der Waals surface area contributed by atoms with Crippen molar-refractivity contribution in [3.05, 3.63) is 18.2 Å². The maximum absolute atomic E-state index is 12.6. The van der Waals surface area contributed by atoms with Crippen molar-refractivity contribution in [3.63, 3.8) is 0 Å². The van der Waals surface area contributed by atoms with Crippen molar-refractivity contribution < 1.29 is 29.4 Å². The monoisotopic (exact) mass is 490 g/mol. The van der Waals surface area contributed by atoms with Crippen LogP contribution in [0.4, 0.5) is 0 Å². The number of carboxylic acid groups (broad SMARTS) is 1. The number of aromatic nitrogens is 2.